The Hall–Kier alpha value is -3.89. The highest BCUT2D eigenvalue weighted by molar-refractivity contribution is 5.91. The van der Waals surface area contributed by atoms with Crippen LogP contribution in [0, 0.1) is 12.7 Å². The lowest BCUT2D eigenvalue weighted by atomic mass is 10.2. The normalized spacial score (nSPS) is 18.7. The number of furan rings is 1. The maximum absolute atomic E-state index is 15.0. The fourth-order valence-electron chi connectivity index (χ4n) is 4.15. The molecular formula is C22H23FN6O4. The number of aryl methyl sites for hydroxylation is 1. The lowest BCUT2D eigenvalue weighted by Crippen LogP contribution is -2.49. The molecule has 2 aromatic heterocycles. The van der Waals surface area contributed by atoms with Gasteiger partial charge in [-0.2, -0.15) is 0 Å². The van der Waals surface area contributed by atoms with Crippen molar-refractivity contribution in [2.45, 2.75) is 19.6 Å². The van der Waals surface area contributed by atoms with Crippen molar-refractivity contribution in [1.29, 1.82) is 0 Å². The first-order valence-corrected chi connectivity index (χ1v) is 10.7. The molecule has 33 heavy (non-hydrogen) atoms. The van der Waals surface area contributed by atoms with E-state index in [0.29, 0.717) is 56.4 Å². The molecule has 0 saturated carbocycles. The van der Waals surface area contributed by atoms with Gasteiger partial charge in [0.25, 0.3) is 5.91 Å². The van der Waals surface area contributed by atoms with Crippen LogP contribution in [0.4, 0.5) is 20.6 Å². The quantitative estimate of drug-likeness (QED) is 0.584. The summed E-state index contributed by atoms with van der Waals surface area (Å²) in [6.07, 6.45) is 2.32. The van der Waals surface area contributed by atoms with Crippen molar-refractivity contribution in [3.05, 3.63) is 60.1 Å². The van der Waals surface area contributed by atoms with Crippen LogP contribution in [-0.4, -0.2) is 70.7 Å². The van der Waals surface area contributed by atoms with Crippen LogP contribution < -0.4 is 9.80 Å². The second-order valence-corrected chi connectivity index (χ2v) is 8.09. The molecule has 2 amide bonds. The summed E-state index contributed by atoms with van der Waals surface area (Å²) in [5, 5.41) is 7.90. The second kappa shape index (κ2) is 8.57. The fraction of sp³-hybridized carbons (Fsp3) is 0.364. The van der Waals surface area contributed by atoms with Gasteiger partial charge in [-0.1, -0.05) is 5.21 Å². The van der Waals surface area contributed by atoms with Crippen molar-refractivity contribution < 1.29 is 23.1 Å². The molecule has 0 bridgehead atoms. The Morgan fingerprint density at radius 1 is 1.21 bits per heavy atom. The molecule has 0 aliphatic carbocycles. The molecule has 11 heteroatoms. The minimum Gasteiger partial charge on any atom is -0.459 e. The smallest absolute Gasteiger partial charge is 0.414 e. The number of piperazine rings is 1. The van der Waals surface area contributed by atoms with Gasteiger partial charge in [-0.15, -0.1) is 5.10 Å². The van der Waals surface area contributed by atoms with Crippen molar-refractivity contribution in [3.8, 4) is 0 Å². The minimum absolute atomic E-state index is 0.168. The Morgan fingerprint density at radius 2 is 2.03 bits per heavy atom. The summed E-state index contributed by atoms with van der Waals surface area (Å²) in [6.45, 7) is 4.42. The number of cyclic esters (lactones) is 1. The van der Waals surface area contributed by atoms with Crippen LogP contribution in [0.5, 0.6) is 0 Å². The number of aromatic nitrogens is 3. The molecule has 4 heterocycles. The number of carbonyl (C=O) groups excluding carboxylic acids is 2. The van der Waals surface area contributed by atoms with Crippen LogP contribution >= 0.6 is 0 Å². The highest BCUT2D eigenvalue weighted by Gasteiger charge is 2.33. The number of anilines is 2. The van der Waals surface area contributed by atoms with Gasteiger partial charge in [-0.3, -0.25) is 9.69 Å². The van der Waals surface area contributed by atoms with Gasteiger partial charge in [0.15, 0.2) is 5.76 Å². The summed E-state index contributed by atoms with van der Waals surface area (Å²) in [6, 6.07) is 8.03. The predicted octanol–water partition coefficient (Wildman–Crippen LogP) is 2.31. The number of benzene rings is 1. The lowest BCUT2D eigenvalue weighted by Gasteiger charge is -2.36. The third-order valence-corrected chi connectivity index (χ3v) is 5.80. The first kappa shape index (κ1) is 21.0. The zero-order valence-corrected chi connectivity index (χ0v) is 18.1. The summed E-state index contributed by atoms with van der Waals surface area (Å²) in [4.78, 5) is 29.8. The van der Waals surface area contributed by atoms with E-state index in [0.717, 1.165) is 5.69 Å². The molecule has 1 atom stereocenters. The van der Waals surface area contributed by atoms with Crippen LogP contribution in [0.1, 0.15) is 16.2 Å². The van der Waals surface area contributed by atoms with Gasteiger partial charge in [0.05, 0.1) is 36.4 Å². The van der Waals surface area contributed by atoms with Gasteiger partial charge in [-0.05, 0) is 37.3 Å². The van der Waals surface area contributed by atoms with E-state index in [1.54, 1.807) is 40.0 Å². The average molecular weight is 454 g/mol. The van der Waals surface area contributed by atoms with Gasteiger partial charge in [-0.25, -0.2) is 13.9 Å². The fourth-order valence-corrected chi connectivity index (χ4v) is 4.15. The Labute approximate surface area is 189 Å². The van der Waals surface area contributed by atoms with Gasteiger partial charge < -0.3 is 19.0 Å². The van der Waals surface area contributed by atoms with Crippen LogP contribution in [0.2, 0.25) is 0 Å². The molecule has 1 aromatic carbocycles. The Morgan fingerprint density at radius 3 is 2.70 bits per heavy atom. The number of amides is 2. The second-order valence-electron chi connectivity index (χ2n) is 8.09. The zero-order valence-electron chi connectivity index (χ0n) is 18.1. The van der Waals surface area contributed by atoms with Gasteiger partial charge >= 0.3 is 6.09 Å². The van der Waals surface area contributed by atoms with Crippen molar-refractivity contribution in [1.82, 2.24) is 19.9 Å². The number of hydrogen-bond acceptors (Lipinski definition) is 7. The highest BCUT2D eigenvalue weighted by Crippen LogP contribution is 2.29. The standard InChI is InChI=1S/C22H23FN6O4/c1-15-12-28(25-24-15)13-17-14-29(22(31)33-17)16-4-5-19(18(23)11-16)26-6-8-27(9-7-26)21(30)20-3-2-10-32-20/h2-5,10-12,17H,6-9,13-14H2,1H3/t17-/m0/s1. The van der Waals surface area contributed by atoms with Crippen LogP contribution in [0.15, 0.2) is 47.2 Å². The van der Waals surface area contributed by atoms with Gasteiger partial charge in [0.1, 0.15) is 11.9 Å². The SMILES string of the molecule is Cc1cn(C[C@H]2CN(c3ccc(N4CCN(C(=O)c5ccco5)CC4)c(F)c3)C(=O)O2)nn1. The van der Waals surface area contributed by atoms with E-state index >= 15 is 4.39 Å². The number of ether oxygens (including phenoxy) is 1. The van der Waals surface area contributed by atoms with E-state index in [2.05, 4.69) is 10.3 Å². The summed E-state index contributed by atoms with van der Waals surface area (Å²) in [7, 11) is 0. The number of halogens is 1. The summed E-state index contributed by atoms with van der Waals surface area (Å²) >= 11 is 0. The molecular weight excluding hydrogens is 431 g/mol. The number of hydrogen-bond donors (Lipinski definition) is 0. The van der Waals surface area contributed by atoms with E-state index < -0.39 is 18.0 Å². The molecule has 2 aliphatic rings. The van der Waals surface area contributed by atoms with Crippen molar-refractivity contribution in [3.63, 3.8) is 0 Å². The number of nitrogens with zero attached hydrogens (tertiary/aromatic N) is 6. The monoisotopic (exact) mass is 454 g/mol. The molecule has 0 unspecified atom stereocenters. The molecule has 2 saturated heterocycles. The molecule has 2 aliphatic heterocycles. The van der Waals surface area contributed by atoms with Crippen LogP contribution in [0.25, 0.3) is 0 Å². The first-order valence-electron chi connectivity index (χ1n) is 10.7. The summed E-state index contributed by atoms with van der Waals surface area (Å²) in [5.74, 6) is -0.297. The molecule has 0 radical (unpaired) electrons. The Balaban J connectivity index is 1.22. The molecule has 0 N–H and O–H groups in total. The van der Waals surface area contributed by atoms with E-state index in [-0.39, 0.29) is 5.91 Å². The van der Waals surface area contributed by atoms with Crippen molar-refractivity contribution in [2.75, 3.05) is 42.5 Å². The molecule has 3 aromatic rings. The Kier molecular flexibility index (Phi) is 5.45. The largest absolute Gasteiger partial charge is 0.459 e. The van der Waals surface area contributed by atoms with E-state index in [1.807, 2.05) is 11.8 Å². The van der Waals surface area contributed by atoms with Crippen LogP contribution in [0.3, 0.4) is 0 Å². The van der Waals surface area contributed by atoms with Crippen molar-refractivity contribution in [2.24, 2.45) is 0 Å². The molecule has 2 fully saturated rings. The van der Waals surface area contributed by atoms with Crippen LogP contribution in [-0.2, 0) is 11.3 Å². The predicted molar refractivity (Wildman–Crippen MR) is 116 cm³/mol. The number of carbonyl (C=O) groups is 2. The Bertz CT molecular complexity index is 1160. The van der Waals surface area contributed by atoms with Gasteiger partial charge in [0.2, 0.25) is 0 Å². The average Bonchev–Trinajstić information content (AvgIpc) is 3.56. The summed E-state index contributed by atoms with van der Waals surface area (Å²) < 4.78 is 27.2. The first-order chi connectivity index (χ1) is 16.0. The van der Waals surface area contributed by atoms with E-state index in [1.165, 1.54) is 17.2 Å². The van der Waals surface area contributed by atoms with E-state index in [9.17, 15) is 9.59 Å². The van der Waals surface area contributed by atoms with E-state index in [4.69, 9.17) is 9.15 Å². The molecule has 10 nitrogen and oxygen atoms in total. The maximum atomic E-state index is 15.0. The number of rotatable bonds is 5. The lowest BCUT2D eigenvalue weighted by molar-refractivity contribution is 0.0714. The topological polar surface area (TPSA) is 96.9 Å². The maximum Gasteiger partial charge on any atom is 0.414 e. The highest BCUT2D eigenvalue weighted by atomic mass is 19.1. The third-order valence-electron chi connectivity index (χ3n) is 5.80. The molecule has 5 rings (SSSR count). The summed E-state index contributed by atoms with van der Waals surface area (Å²) in [5.41, 5.74) is 1.65. The minimum atomic E-state index is -0.519. The molecule has 172 valence electrons. The van der Waals surface area contributed by atoms with Gasteiger partial charge in [0, 0.05) is 32.4 Å². The zero-order chi connectivity index (χ0) is 22.9. The van der Waals surface area contributed by atoms with Crippen molar-refractivity contribution >= 4 is 23.4 Å². The molecule has 0 spiro atoms. The third kappa shape index (κ3) is 4.26.